The van der Waals surface area contributed by atoms with Crippen molar-refractivity contribution in [3.05, 3.63) is 35.9 Å². The van der Waals surface area contributed by atoms with Gasteiger partial charge in [-0.1, -0.05) is 82.2 Å². The zero-order chi connectivity index (χ0) is 14.5. The molecule has 20 heavy (non-hydrogen) atoms. The quantitative estimate of drug-likeness (QED) is 0.517. The van der Waals surface area contributed by atoms with Gasteiger partial charge < -0.3 is 5.32 Å². The predicted molar refractivity (Wildman–Crippen MR) is 90.2 cm³/mol. The van der Waals surface area contributed by atoms with Crippen molar-refractivity contribution >= 4 is 0 Å². The van der Waals surface area contributed by atoms with Gasteiger partial charge in [-0.2, -0.15) is 0 Å². The Morgan fingerprint density at radius 1 is 0.900 bits per heavy atom. The Morgan fingerprint density at radius 2 is 1.55 bits per heavy atom. The maximum atomic E-state index is 3.36. The molecule has 1 rings (SSSR count). The maximum Gasteiger partial charge on any atom is -0.00203 e. The van der Waals surface area contributed by atoms with Crippen molar-refractivity contribution in [2.45, 2.75) is 64.7 Å². The Kier molecular flexibility index (Phi) is 10.3. The van der Waals surface area contributed by atoms with Crippen LogP contribution in [0.3, 0.4) is 0 Å². The molecule has 1 aromatic rings. The zero-order valence-corrected chi connectivity index (χ0v) is 13.5. The summed E-state index contributed by atoms with van der Waals surface area (Å²) in [5.74, 6) is 0.790. The van der Waals surface area contributed by atoms with Gasteiger partial charge in [-0.25, -0.2) is 0 Å². The summed E-state index contributed by atoms with van der Waals surface area (Å²) >= 11 is 0. The van der Waals surface area contributed by atoms with Crippen LogP contribution >= 0.6 is 0 Å². The molecule has 0 aliphatic heterocycles. The third-order valence-corrected chi connectivity index (χ3v) is 4.08. The maximum absolute atomic E-state index is 3.36. The number of hydrogen-bond acceptors (Lipinski definition) is 1. The lowest BCUT2D eigenvalue weighted by atomic mass is 9.93. The lowest BCUT2D eigenvalue weighted by Crippen LogP contribution is -2.20. The molecule has 0 bridgehead atoms. The van der Waals surface area contributed by atoms with Crippen molar-refractivity contribution in [3.63, 3.8) is 0 Å². The molecule has 114 valence electrons. The molecule has 0 aliphatic rings. The molecule has 0 aromatic heterocycles. The third kappa shape index (κ3) is 8.37. The van der Waals surface area contributed by atoms with Gasteiger partial charge in [0.05, 0.1) is 0 Å². The largest absolute Gasteiger partial charge is 0.319 e. The van der Waals surface area contributed by atoms with Gasteiger partial charge in [0, 0.05) is 0 Å². The summed E-state index contributed by atoms with van der Waals surface area (Å²) in [5, 5.41) is 3.36. The van der Waals surface area contributed by atoms with Gasteiger partial charge in [0.2, 0.25) is 0 Å². The fourth-order valence-electron chi connectivity index (χ4n) is 2.90. The van der Waals surface area contributed by atoms with Crippen LogP contribution in [0.25, 0.3) is 0 Å². The zero-order valence-electron chi connectivity index (χ0n) is 13.5. The monoisotopic (exact) mass is 275 g/mol. The molecular weight excluding hydrogens is 242 g/mol. The van der Waals surface area contributed by atoms with E-state index in [-0.39, 0.29) is 0 Å². The number of nitrogens with one attached hydrogen (secondary N) is 1. The summed E-state index contributed by atoms with van der Waals surface area (Å²) in [6, 6.07) is 10.9. The molecule has 0 saturated carbocycles. The van der Waals surface area contributed by atoms with Crippen molar-refractivity contribution in [1.82, 2.24) is 5.32 Å². The van der Waals surface area contributed by atoms with Crippen LogP contribution in [-0.4, -0.2) is 13.6 Å². The number of unbranched alkanes of at least 4 members (excludes halogenated alkanes) is 6. The van der Waals surface area contributed by atoms with E-state index in [1.807, 2.05) is 0 Å². The van der Waals surface area contributed by atoms with Crippen LogP contribution in [0.1, 0.15) is 63.9 Å². The lowest BCUT2D eigenvalue weighted by molar-refractivity contribution is 0.432. The second-order valence-electron chi connectivity index (χ2n) is 6.02. The van der Waals surface area contributed by atoms with Crippen LogP contribution in [-0.2, 0) is 6.42 Å². The van der Waals surface area contributed by atoms with Crippen LogP contribution in [0.4, 0.5) is 0 Å². The molecular formula is C19H33N. The van der Waals surface area contributed by atoms with E-state index in [4.69, 9.17) is 0 Å². The highest BCUT2D eigenvalue weighted by Crippen LogP contribution is 2.16. The first-order valence-electron chi connectivity index (χ1n) is 8.55. The second-order valence-corrected chi connectivity index (χ2v) is 6.02. The van der Waals surface area contributed by atoms with E-state index in [0.717, 1.165) is 12.5 Å². The number of rotatable bonds is 12. The first-order valence-corrected chi connectivity index (χ1v) is 8.55. The summed E-state index contributed by atoms with van der Waals surface area (Å²) in [5.41, 5.74) is 1.48. The van der Waals surface area contributed by atoms with E-state index < -0.39 is 0 Å². The number of benzene rings is 1. The Labute approximate surface area is 126 Å². The van der Waals surface area contributed by atoms with Crippen molar-refractivity contribution in [1.29, 1.82) is 0 Å². The first kappa shape index (κ1) is 17.2. The number of hydrogen-bond donors (Lipinski definition) is 1. The van der Waals surface area contributed by atoms with E-state index >= 15 is 0 Å². The SMILES string of the molecule is CCCCCCCCCC(CNC)Cc1ccccc1. The van der Waals surface area contributed by atoms with Gasteiger partial charge >= 0.3 is 0 Å². The minimum absolute atomic E-state index is 0.790. The minimum atomic E-state index is 0.790. The Morgan fingerprint density at radius 3 is 2.20 bits per heavy atom. The van der Waals surface area contributed by atoms with E-state index in [1.165, 1.54) is 63.4 Å². The van der Waals surface area contributed by atoms with Crippen molar-refractivity contribution in [2.75, 3.05) is 13.6 Å². The molecule has 0 radical (unpaired) electrons. The van der Waals surface area contributed by atoms with Crippen LogP contribution in [0.5, 0.6) is 0 Å². The molecule has 0 saturated heterocycles. The van der Waals surface area contributed by atoms with Crippen molar-refractivity contribution < 1.29 is 0 Å². The average molecular weight is 275 g/mol. The smallest absolute Gasteiger partial charge is 0.00203 e. The minimum Gasteiger partial charge on any atom is -0.319 e. The fraction of sp³-hybridized carbons (Fsp3) is 0.684. The van der Waals surface area contributed by atoms with Crippen LogP contribution in [0.15, 0.2) is 30.3 Å². The first-order chi connectivity index (χ1) is 9.86. The van der Waals surface area contributed by atoms with Gasteiger partial charge in [-0.3, -0.25) is 0 Å². The normalized spacial score (nSPS) is 12.5. The van der Waals surface area contributed by atoms with Crippen LogP contribution < -0.4 is 5.32 Å². The highest BCUT2D eigenvalue weighted by molar-refractivity contribution is 5.15. The van der Waals surface area contributed by atoms with E-state index in [9.17, 15) is 0 Å². The molecule has 0 heterocycles. The van der Waals surface area contributed by atoms with Crippen molar-refractivity contribution in [3.8, 4) is 0 Å². The molecule has 1 N–H and O–H groups in total. The summed E-state index contributed by atoms with van der Waals surface area (Å²) in [6.07, 6.45) is 12.4. The lowest BCUT2D eigenvalue weighted by Gasteiger charge is -2.16. The van der Waals surface area contributed by atoms with Gasteiger partial charge in [0.1, 0.15) is 0 Å². The van der Waals surface area contributed by atoms with Gasteiger partial charge in [-0.05, 0) is 37.9 Å². The summed E-state index contributed by atoms with van der Waals surface area (Å²) < 4.78 is 0. The molecule has 1 unspecified atom stereocenters. The standard InChI is InChI=1S/C19H33N/c1-3-4-5-6-7-8-10-15-19(17-20-2)16-18-13-11-9-12-14-18/h9,11-14,19-20H,3-8,10,15-17H2,1-2H3. The molecule has 0 amide bonds. The van der Waals surface area contributed by atoms with Gasteiger partial charge in [-0.15, -0.1) is 0 Å². The Bertz CT molecular complexity index is 307. The topological polar surface area (TPSA) is 12.0 Å². The molecule has 1 nitrogen and oxygen atoms in total. The van der Waals surface area contributed by atoms with Crippen molar-refractivity contribution in [2.24, 2.45) is 5.92 Å². The third-order valence-electron chi connectivity index (χ3n) is 4.08. The molecule has 1 heteroatoms. The Balaban J connectivity index is 2.15. The summed E-state index contributed by atoms with van der Waals surface area (Å²) in [7, 11) is 2.07. The molecule has 0 spiro atoms. The van der Waals surface area contributed by atoms with Gasteiger partial charge in [0.25, 0.3) is 0 Å². The van der Waals surface area contributed by atoms with Gasteiger partial charge in [0.15, 0.2) is 0 Å². The van der Waals surface area contributed by atoms with E-state index in [0.29, 0.717) is 0 Å². The highest BCUT2D eigenvalue weighted by atomic mass is 14.8. The Hall–Kier alpha value is -0.820. The average Bonchev–Trinajstić information content (AvgIpc) is 2.47. The summed E-state index contributed by atoms with van der Waals surface area (Å²) in [4.78, 5) is 0. The molecule has 0 aliphatic carbocycles. The van der Waals surface area contributed by atoms with E-state index in [2.05, 4.69) is 49.6 Å². The molecule has 1 aromatic carbocycles. The summed E-state index contributed by atoms with van der Waals surface area (Å²) in [6.45, 7) is 3.43. The van der Waals surface area contributed by atoms with Crippen LogP contribution in [0, 0.1) is 5.92 Å². The molecule has 0 fully saturated rings. The second kappa shape index (κ2) is 12.0. The van der Waals surface area contributed by atoms with Crippen LogP contribution in [0.2, 0.25) is 0 Å². The van der Waals surface area contributed by atoms with E-state index in [1.54, 1.807) is 0 Å². The molecule has 1 atom stereocenters. The highest BCUT2D eigenvalue weighted by Gasteiger charge is 2.08. The fourth-order valence-corrected chi connectivity index (χ4v) is 2.90. The predicted octanol–water partition coefficient (Wildman–Crippen LogP) is 5.21.